The number of benzene rings is 3. The van der Waals surface area contributed by atoms with Crippen molar-refractivity contribution in [3.8, 4) is 17.2 Å². The number of phenols is 3. The molecule has 0 unspecified atom stereocenters. The number of quaternary nitrogens is 3. The van der Waals surface area contributed by atoms with Gasteiger partial charge in [0.25, 0.3) is 0 Å². The Bertz CT molecular complexity index is 1580. The molecule has 0 atom stereocenters. The Morgan fingerprint density at radius 1 is 0.551 bits per heavy atom. The molecule has 0 spiro atoms. The van der Waals surface area contributed by atoms with Gasteiger partial charge >= 0.3 is 0 Å². The van der Waals surface area contributed by atoms with E-state index in [0.717, 1.165) is 22.6 Å². The summed E-state index contributed by atoms with van der Waals surface area (Å²) in [5, 5.41) is 34.7. The van der Waals surface area contributed by atoms with E-state index in [1.165, 1.54) is 0 Å². The molecular weight excluding hydrogens is 818 g/mol. The van der Waals surface area contributed by atoms with Crippen molar-refractivity contribution in [2.24, 2.45) is 9.98 Å². The first-order valence-corrected chi connectivity index (χ1v) is 15.7. The molecule has 4 N–H and O–H groups in total. The van der Waals surface area contributed by atoms with E-state index in [-0.39, 0.29) is 68.2 Å². The number of hydrogen-bond donors (Lipinski definition) is 4. The average Bonchev–Trinajstić information content (AvgIpc) is 2.95. The van der Waals surface area contributed by atoms with Gasteiger partial charge in [0.05, 0.1) is 88.6 Å². The highest BCUT2D eigenvalue weighted by Crippen LogP contribution is 2.26. The van der Waals surface area contributed by atoms with Crippen LogP contribution in [0.15, 0.2) is 64.6 Å². The predicted molar refractivity (Wildman–Crippen MR) is 227 cm³/mol. The molecule has 3 rings (SSSR count). The molecule has 0 aliphatic rings. The van der Waals surface area contributed by atoms with Crippen LogP contribution in [0.3, 0.4) is 0 Å². The minimum absolute atomic E-state index is 0. The first-order chi connectivity index (χ1) is 21.4. The smallest absolute Gasteiger partial charge is 0.174 e. The number of nitrogens with zero attached hydrogens (tertiary/aromatic N) is 6. The van der Waals surface area contributed by atoms with E-state index in [0.29, 0.717) is 63.8 Å². The summed E-state index contributed by atoms with van der Waals surface area (Å²) in [7, 11) is 18.8. The topological polar surface area (TPSA) is 100 Å². The largest absolute Gasteiger partial charge is 0.507 e. The zero-order valence-corrected chi connectivity index (χ0v) is 35.6. The molecule has 272 valence electrons. The van der Waals surface area contributed by atoms with Crippen molar-refractivity contribution >= 4 is 86.7 Å². The van der Waals surface area contributed by atoms with Crippen molar-refractivity contribution in [3.63, 3.8) is 0 Å². The van der Waals surface area contributed by atoms with E-state index >= 15 is 0 Å². The fourth-order valence-corrected chi connectivity index (χ4v) is 4.63. The van der Waals surface area contributed by atoms with Crippen LogP contribution in [0.25, 0.3) is 0 Å². The summed E-state index contributed by atoms with van der Waals surface area (Å²) in [6.07, 6.45) is 5.44. The van der Waals surface area contributed by atoms with Crippen molar-refractivity contribution in [2.75, 3.05) is 103 Å². The van der Waals surface area contributed by atoms with E-state index in [4.69, 9.17) is 0 Å². The molecular formula is C36H58Br3N7O3+4. The summed E-state index contributed by atoms with van der Waals surface area (Å²) in [6, 6.07) is 16.9. The summed E-state index contributed by atoms with van der Waals surface area (Å²) >= 11 is 0. The lowest BCUT2D eigenvalue weighted by molar-refractivity contribution is -0.518. The molecule has 3 aromatic carbocycles. The number of nitrogens with one attached hydrogen (secondary N) is 1. The van der Waals surface area contributed by atoms with Crippen molar-refractivity contribution in [1.82, 2.24) is 18.8 Å². The molecule has 0 radical (unpaired) electrons. The van der Waals surface area contributed by atoms with Gasteiger partial charge in [-0.05, 0) is 18.2 Å². The van der Waals surface area contributed by atoms with Gasteiger partial charge in [0.2, 0.25) is 0 Å². The quantitative estimate of drug-likeness (QED) is 0.0714. The number of halogens is 3. The normalized spacial score (nSPS) is 12.5. The number of aliphatic imine (C=N–C) groups is 2. The molecule has 3 aromatic rings. The Morgan fingerprint density at radius 2 is 0.939 bits per heavy atom. The van der Waals surface area contributed by atoms with E-state index in [2.05, 4.69) is 83.3 Å². The molecule has 0 heterocycles. The SMILES string of the molecule is Br.Br.Br.C[N+](C)(C)c1ccc(O)c(C=NCCNCC[N+](=Cc2cc([N+](C)(C)C)ccc2O)CCN=Cc2cc([N+](C)(C)C)ccc2O)c1. The van der Waals surface area contributed by atoms with Gasteiger partial charge in [0, 0.05) is 66.5 Å². The second-order valence-electron chi connectivity index (χ2n) is 14.3. The van der Waals surface area contributed by atoms with Crippen molar-refractivity contribution in [1.29, 1.82) is 0 Å². The summed E-state index contributed by atoms with van der Waals surface area (Å²) in [5.41, 5.74) is 5.40. The number of aromatic hydroxyl groups is 3. The summed E-state index contributed by atoms with van der Waals surface area (Å²) < 4.78 is 4.09. The number of hydrogen-bond acceptors (Lipinski definition) is 6. The summed E-state index contributed by atoms with van der Waals surface area (Å²) in [5.74, 6) is 0.652. The lowest BCUT2D eigenvalue weighted by Crippen LogP contribution is -2.34. The third-order valence-corrected chi connectivity index (χ3v) is 7.65. The molecule has 49 heavy (non-hydrogen) atoms. The standard InChI is InChI=1S/C36H52N7O3.3BrH/c1-41(2,3)31-10-13-34(44)28(22-31)25-38-17-16-37-18-20-40(27-30-24-33(43(7,8)9)12-15-36(30)46)21-19-39-26-29-23-32(42(4,5)6)11-14-35(29)45;;;/h10-15,22-27,37H,16-21H2,1-9H3;3*1H/q+1;;;/p+3. The molecule has 10 nitrogen and oxygen atoms in total. The lowest BCUT2D eigenvalue weighted by Gasteiger charge is -2.23. The molecule has 0 aromatic heterocycles. The molecule has 0 aliphatic heterocycles. The van der Waals surface area contributed by atoms with Crippen LogP contribution >= 0.6 is 50.9 Å². The maximum Gasteiger partial charge on any atom is 0.174 e. The lowest BCUT2D eigenvalue weighted by atomic mass is 10.1. The maximum atomic E-state index is 10.7. The highest BCUT2D eigenvalue weighted by Gasteiger charge is 2.17. The van der Waals surface area contributed by atoms with E-state index < -0.39 is 0 Å². The van der Waals surface area contributed by atoms with Gasteiger partial charge < -0.3 is 20.6 Å². The monoisotopic (exact) mass is 873 g/mol. The predicted octanol–water partition coefficient (Wildman–Crippen LogP) is 5.39. The molecule has 0 bridgehead atoms. The van der Waals surface area contributed by atoms with Crippen LogP contribution < -0.4 is 18.8 Å². The number of phenolic OH excluding ortho intramolecular Hbond substituents is 3. The minimum atomic E-state index is 0. The van der Waals surface area contributed by atoms with E-state index in [1.54, 1.807) is 30.6 Å². The van der Waals surface area contributed by atoms with Crippen LogP contribution in [-0.2, 0) is 0 Å². The Labute approximate surface area is 324 Å². The highest BCUT2D eigenvalue weighted by atomic mass is 79.9. The third-order valence-electron chi connectivity index (χ3n) is 7.65. The molecule has 0 saturated heterocycles. The Hall–Kier alpha value is -2.65. The second kappa shape index (κ2) is 20.3. The molecule has 0 aliphatic carbocycles. The molecule has 13 heteroatoms. The van der Waals surface area contributed by atoms with E-state index in [1.807, 2.05) is 42.6 Å². The van der Waals surface area contributed by atoms with Crippen molar-refractivity contribution < 1.29 is 19.9 Å². The fourth-order valence-electron chi connectivity index (χ4n) is 4.63. The zero-order valence-electron chi connectivity index (χ0n) is 30.4. The van der Waals surface area contributed by atoms with Gasteiger partial charge in [-0.2, -0.15) is 0 Å². The third kappa shape index (κ3) is 15.0. The first-order valence-electron chi connectivity index (χ1n) is 15.7. The summed E-state index contributed by atoms with van der Waals surface area (Å²) in [4.78, 5) is 9.15. The Kier molecular flexibility index (Phi) is 19.2. The minimum Gasteiger partial charge on any atom is -0.507 e. The van der Waals surface area contributed by atoms with Crippen molar-refractivity contribution in [3.05, 3.63) is 71.3 Å². The Balaban J connectivity index is 0.00000768. The van der Waals surface area contributed by atoms with Gasteiger partial charge in [-0.1, -0.05) is 0 Å². The summed E-state index contributed by atoms with van der Waals surface area (Å²) in [6.45, 7) is 3.80. The van der Waals surface area contributed by atoms with Gasteiger partial charge in [0.15, 0.2) is 19.3 Å². The fraction of sp³-hybridized carbons (Fsp3) is 0.417. The Morgan fingerprint density at radius 3 is 1.37 bits per heavy atom. The second-order valence-corrected chi connectivity index (χ2v) is 14.3. The zero-order chi connectivity index (χ0) is 34.1. The van der Waals surface area contributed by atoms with Crippen LogP contribution in [0.5, 0.6) is 17.2 Å². The molecule has 0 amide bonds. The van der Waals surface area contributed by atoms with Gasteiger partial charge in [-0.3, -0.25) is 23.4 Å². The highest BCUT2D eigenvalue weighted by molar-refractivity contribution is 8.93. The average molecular weight is 877 g/mol. The number of rotatable bonds is 15. The van der Waals surface area contributed by atoms with Crippen LogP contribution in [0.2, 0.25) is 0 Å². The van der Waals surface area contributed by atoms with Crippen LogP contribution in [0.1, 0.15) is 16.7 Å². The van der Waals surface area contributed by atoms with E-state index in [9.17, 15) is 15.3 Å². The van der Waals surface area contributed by atoms with Gasteiger partial charge in [-0.15, -0.1) is 50.9 Å². The van der Waals surface area contributed by atoms with Crippen LogP contribution in [0, 0.1) is 0 Å². The molecule has 0 saturated carbocycles. The molecule has 0 fully saturated rings. The van der Waals surface area contributed by atoms with Crippen molar-refractivity contribution in [2.45, 2.75) is 0 Å². The first kappa shape index (κ1) is 46.4. The maximum absolute atomic E-state index is 10.7. The van der Waals surface area contributed by atoms with Gasteiger partial charge in [-0.25, -0.2) is 4.58 Å². The van der Waals surface area contributed by atoms with Gasteiger partial charge in [0.1, 0.15) is 34.3 Å². The van der Waals surface area contributed by atoms with Crippen LogP contribution in [-0.4, -0.2) is 141 Å². The van der Waals surface area contributed by atoms with Crippen LogP contribution in [0.4, 0.5) is 17.1 Å².